The normalized spacial score (nSPS) is 15.4. The van der Waals surface area contributed by atoms with Crippen LogP contribution in [0.15, 0.2) is 88.3 Å². The summed E-state index contributed by atoms with van der Waals surface area (Å²) in [5.74, 6) is 0.887. The van der Waals surface area contributed by atoms with E-state index in [2.05, 4.69) is 6.07 Å². The SMILES string of the molecule is COc1ccc([C@H]2CC(=O)Oc3cc(O)c4c(=O)c(-c5ccccc5)coc4c32)cc1OCCc1ccc2c(c1)CCO2. The first-order chi connectivity index (χ1) is 21.0. The van der Waals surface area contributed by atoms with Crippen molar-refractivity contribution in [1.82, 2.24) is 0 Å². The van der Waals surface area contributed by atoms with Gasteiger partial charge in [0.2, 0.25) is 5.43 Å². The second-order valence-corrected chi connectivity index (χ2v) is 10.6. The molecule has 1 N–H and O–H groups in total. The number of hydrogen-bond acceptors (Lipinski definition) is 8. The van der Waals surface area contributed by atoms with Crippen LogP contribution < -0.4 is 24.4 Å². The van der Waals surface area contributed by atoms with Gasteiger partial charge in [0.25, 0.3) is 0 Å². The van der Waals surface area contributed by atoms with Crippen LogP contribution in [0.1, 0.15) is 34.6 Å². The Kier molecular flexibility index (Phi) is 6.74. The molecule has 3 heterocycles. The van der Waals surface area contributed by atoms with E-state index in [0.29, 0.717) is 47.8 Å². The molecular formula is C35H28O8. The van der Waals surface area contributed by atoms with Gasteiger partial charge in [-0.3, -0.25) is 9.59 Å². The molecule has 0 saturated carbocycles. The summed E-state index contributed by atoms with van der Waals surface area (Å²) in [6.45, 7) is 1.13. The van der Waals surface area contributed by atoms with Gasteiger partial charge in [-0.2, -0.15) is 0 Å². The van der Waals surface area contributed by atoms with E-state index in [1.165, 1.54) is 17.9 Å². The average Bonchev–Trinajstić information content (AvgIpc) is 3.49. The number of phenols is 1. The molecule has 0 bridgehead atoms. The Bertz CT molecular complexity index is 1930. The molecule has 1 aromatic heterocycles. The Morgan fingerprint density at radius 2 is 1.81 bits per heavy atom. The first-order valence-electron chi connectivity index (χ1n) is 14.1. The predicted octanol–water partition coefficient (Wildman–Crippen LogP) is 6.17. The summed E-state index contributed by atoms with van der Waals surface area (Å²) in [6.07, 6.45) is 3.00. The topological polar surface area (TPSA) is 104 Å². The molecule has 43 heavy (non-hydrogen) atoms. The van der Waals surface area contributed by atoms with E-state index < -0.39 is 11.9 Å². The Hall–Kier alpha value is -5.24. The number of hydrogen-bond donors (Lipinski definition) is 1. The van der Waals surface area contributed by atoms with Crippen molar-refractivity contribution in [2.45, 2.75) is 25.2 Å². The Labute approximate surface area is 247 Å². The van der Waals surface area contributed by atoms with Crippen LogP contribution in [0.25, 0.3) is 22.1 Å². The number of carbonyl (C=O) groups is 1. The minimum atomic E-state index is -0.518. The lowest BCUT2D eigenvalue weighted by Gasteiger charge is -2.26. The van der Waals surface area contributed by atoms with Gasteiger partial charge in [-0.05, 0) is 40.5 Å². The van der Waals surface area contributed by atoms with Crippen LogP contribution in [0.2, 0.25) is 0 Å². The van der Waals surface area contributed by atoms with Crippen molar-refractivity contribution in [1.29, 1.82) is 0 Å². The molecule has 7 rings (SSSR count). The number of methoxy groups -OCH3 is 1. The number of benzene rings is 4. The number of carbonyl (C=O) groups excluding carboxylic acids is 1. The lowest BCUT2D eigenvalue weighted by atomic mass is 9.84. The van der Waals surface area contributed by atoms with Gasteiger partial charge in [0.1, 0.15) is 34.5 Å². The van der Waals surface area contributed by atoms with Gasteiger partial charge in [-0.25, -0.2) is 0 Å². The second-order valence-electron chi connectivity index (χ2n) is 10.6. The van der Waals surface area contributed by atoms with E-state index in [1.807, 2.05) is 42.5 Å². The monoisotopic (exact) mass is 576 g/mol. The Balaban J connectivity index is 1.25. The molecule has 0 spiro atoms. The van der Waals surface area contributed by atoms with E-state index in [9.17, 15) is 14.7 Å². The number of ether oxygens (including phenoxy) is 4. The van der Waals surface area contributed by atoms with E-state index in [1.54, 1.807) is 25.3 Å². The lowest BCUT2D eigenvalue weighted by Crippen LogP contribution is -2.22. The summed E-state index contributed by atoms with van der Waals surface area (Å²) >= 11 is 0. The first kappa shape index (κ1) is 26.6. The molecular weight excluding hydrogens is 548 g/mol. The van der Waals surface area contributed by atoms with Gasteiger partial charge >= 0.3 is 5.97 Å². The highest BCUT2D eigenvalue weighted by molar-refractivity contribution is 5.94. The minimum Gasteiger partial charge on any atom is -0.507 e. The molecule has 8 heteroatoms. The molecule has 5 aromatic rings. The zero-order valence-electron chi connectivity index (χ0n) is 23.4. The van der Waals surface area contributed by atoms with Gasteiger partial charge in [-0.1, -0.05) is 48.5 Å². The van der Waals surface area contributed by atoms with Crippen molar-refractivity contribution >= 4 is 16.9 Å². The Morgan fingerprint density at radius 1 is 0.953 bits per heavy atom. The van der Waals surface area contributed by atoms with E-state index in [-0.39, 0.29) is 34.3 Å². The molecule has 0 radical (unpaired) electrons. The van der Waals surface area contributed by atoms with Crippen LogP contribution in [0, 0.1) is 0 Å². The zero-order chi connectivity index (χ0) is 29.5. The van der Waals surface area contributed by atoms with Gasteiger partial charge in [-0.15, -0.1) is 0 Å². The number of esters is 1. The molecule has 4 aromatic carbocycles. The third-order valence-corrected chi connectivity index (χ3v) is 8.05. The van der Waals surface area contributed by atoms with Crippen LogP contribution in [0.4, 0.5) is 0 Å². The van der Waals surface area contributed by atoms with Crippen LogP contribution in [-0.4, -0.2) is 31.4 Å². The van der Waals surface area contributed by atoms with Gasteiger partial charge in [0.15, 0.2) is 11.5 Å². The summed E-state index contributed by atoms with van der Waals surface area (Å²) in [7, 11) is 1.57. The molecule has 0 amide bonds. The molecule has 2 aliphatic heterocycles. The van der Waals surface area contributed by atoms with Gasteiger partial charge in [0, 0.05) is 30.4 Å². The van der Waals surface area contributed by atoms with Crippen LogP contribution >= 0.6 is 0 Å². The molecule has 1 atom stereocenters. The van der Waals surface area contributed by atoms with Gasteiger partial charge in [0.05, 0.1) is 32.3 Å². The second kappa shape index (κ2) is 10.9. The summed E-state index contributed by atoms with van der Waals surface area (Å²) < 4.78 is 29.0. The van der Waals surface area contributed by atoms with Crippen molar-refractivity contribution in [3.05, 3.63) is 112 Å². The van der Waals surface area contributed by atoms with Crippen molar-refractivity contribution in [2.75, 3.05) is 20.3 Å². The fraction of sp³-hybridized carbons (Fsp3) is 0.200. The molecule has 216 valence electrons. The fourth-order valence-electron chi connectivity index (χ4n) is 5.93. The summed E-state index contributed by atoms with van der Waals surface area (Å²) in [5.41, 5.74) is 4.43. The third-order valence-electron chi connectivity index (χ3n) is 8.05. The fourth-order valence-corrected chi connectivity index (χ4v) is 5.93. The largest absolute Gasteiger partial charge is 0.507 e. The Morgan fingerprint density at radius 3 is 2.65 bits per heavy atom. The number of phenolic OH excluding ortho intramolecular Hbond substituents is 1. The van der Waals surface area contributed by atoms with Crippen molar-refractivity contribution < 1.29 is 33.3 Å². The first-order valence-corrected chi connectivity index (χ1v) is 14.1. The molecule has 0 unspecified atom stereocenters. The van der Waals surface area contributed by atoms with Crippen molar-refractivity contribution in [2.24, 2.45) is 0 Å². The summed E-state index contributed by atoms with van der Waals surface area (Å²) in [6, 6.07) is 22.1. The quantitative estimate of drug-likeness (QED) is 0.181. The van der Waals surface area contributed by atoms with Crippen LogP contribution in [-0.2, 0) is 17.6 Å². The van der Waals surface area contributed by atoms with E-state index >= 15 is 0 Å². The molecule has 0 saturated heterocycles. The number of rotatable bonds is 7. The summed E-state index contributed by atoms with van der Waals surface area (Å²) in [4.78, 5) is 26.3. The van der Waals surface area contributed by atoms with Crippen LogP contribution in [0.5, 0.6) is 28.7 Å². The highest BCUT2D eigenvalue weighted by atomic mass is 16.5. The molecule has 0 aliphatic carbocycles. The number of aromatic hydroxyl groups is 1. The highest BCUT2D eigenvalue weighted by Crippen LogP contribution is 2.47. The maximum atomic E-state index is 13.6. The zero-order valence-corrected chi connectivity index (χ0v) is 23.4. The van der Waals surface area contributed by atoms with Crippen molar-refractivity contribution in [3.8, 4) is 39.9 Å². The lowest BCUT2D eigenvalue weighted by molar-refractivity contribution is -0.135. The molecule has 8 nitrogen and oxygen atoms in total. The average molecular weight is 577 g/mol. The van der Waals surface area contributed by atoms with Gasteiger partial charge < -0.3 is 28.5 Å². The minimum absolute atomic E-state index is 0.0139. The van der Waals surface area contributed by atoms with Crippen LogP contribution in [0.3, 0.4) is 0 Å². The highest BCUT2D eigenvalue weighted by Gasteiger charge is 2.34. The summed E-state index contributed by atoms with van der Waals surface area (Å²) in [5, 5.41) is 10.9. The smallest absolute Gasteiger partial charge is 0.312 e. The maximum Gasteiger partial charge on any atom is 0.312 e. The number of fused-ring (bicyclic) bond motifs is 4. The maximum absolute atomic E-state index is 13.6. The molecule has 0 fully saturated rings. The molecule has 2 aliphatic rings. The van der Waals surface area contributed by atoms with Crippen molar-refractivity contribution in [3.63, 3.8) is 0 Å². The predicted molar refractivity (Wildman–Crippen MR) is 160 cm³/mol. The van der Waals surface area contributed by atoms with E-state index in [4.69, 9.17) is 23.4 Å². The van der Waals surface area contributed by atoms with E-state index in [0.717, 1.165) is 23.3 Å². The standard InChI is InChI=1S/C35H28O8/c1-39-28-10-8-22(16-29(28)41-13-11-20-7-9-27-23(15-20)12-14-40-27)24-17-31(37)43-30-18-26(36)33-34(38)25(19-42-35(33)32(24)30)21-5-3-2-4-6-21/h2-10,15-16,18-19,24,36H,11-14,17H2,1H3/t24-/m1/s1. The third kappa shape index (κ3) is 4.84.